The first kappa shape index (κ1) is 11.1. The highest BCUT2D eigenvalue weighted by Crippen LogP contribution is 2.12. The van der Waals surface area contributed by atoms with Crippen LogP contribution in [0.5, 0.6) is 0 Å². The van der Waals surface area contributed by atoms with Crippen LogP contribution in [-0.4, -0.2) is 30.7 Å². The molecule has 0 aliphatic carbocycles. The normalized spacial score (nSPS) is 16.8. The number of alkyl halides is 2. The number of hydrogen-bond donors (Lipinski definition) is 1. The minimum Gasteiger partial charge on any atom is -0.365 e. The second kappa shape index (κ2) is 4.61. The number of hydrogen-bond acceptors (Lipinski definition) is 3. The van der Waals surface area contributed by atoms with Crippen LogP contribution in [-0.2, 0) is 0 Å². The molecule has 0 saturated carbocycles. The molecular weight excluding hydrogens is 216 g/mol. The van der Waals surface area contributed by atoms with Gasteiger partial charge in [-0.1, -0.05) is 0 Å². The van der Waals surface area contributed by atoms with Crippen molar-refractivity contribution in [2.75, 3.05) is 31.1 Å². The zero-order valence-corrected chi connectivity index (χ0v) is 8.70. The predicted molar refractivity (Wildman–Crippen MR) is 57.0 cm³/mol. The molecule has 1 saturated heterocycles. The van der Waals surface area contributed by atoms with E-state index in [1.54, 1.807) is 6.07 Å². The van der Waals surface area contributed by atoms with Gasteiger partial charge in [0.25, 0.3) is 5.56 Å². The van der Waals surface area contributed by atoms with Crippen LogP contribution in [0, 0.1) is 0 Å². The summed E-state index contributed by atoms with van der Waals surface area (Å²) in [5.74, 6) is 0. The largest absolute Gasteiger partial charge is 0.365 e. The summed E-state index contributed by atoms with van der Waals surface area (Å²) in [6.45, 7) is 0.0900. The SMILES string of the molecule is O=c1c(N2CCNCC2)cccn1C(F)F. The summed E-state index contributed by atoms with van der Waals surface area (Å²) >= 11 is 0. The molecule has 2 heterocycles. The summed E-state index contributed by atoms with van der Waals surface area (Å²) in [4.78, 5) is 13.6. The maximum Gasteiger partial charge on any atom is 0.321 e. The standard InChI is InChI=1S/C10H13F2N3O/c11-10(12)15-5-1-2-8(9(15)16)14-6-3-13-4-7-14/h1-2,5,10,13H,3-4,6-7H2. The van der Waals surface area contributed by atoms with Crippen LogP contribution in [0.1, 0.15) is 6.55 Å². The Hall–Kier alpha value is -1.43. The van der Waals surface area contributed by atoms with E-state index in [9.17, 15) is 13.6 Å². The van der Waals surface area contributed by atoms with Crippen LogP contribution >= 0.6 is 0 Å². The van der Waals surface area contributed by atoms with E-state index in [4.69, 9.17) is 0 Å². The van der Waals surface area contributed by atoms with Crippen molar-refractivity contribution in [2.24, 2.45) is 0 Å². The topological polar surface area (TPSA) is 37.3 Å². The first-order chi connectivity index (χ1) is 7.70. The van der Waals surface area contributed by atoms with Gasteiger partial charge in [-0.05, 0) is 12.1 Å². The molecule has 88 valence electrons. The fourth-order valence-corrected chi connectivity index (χ4v) is 1.80. The van der Waals surface area contributed by atoms with Crippen LogP contribution in [0.4, 0.5) is 14.5 Å². The molecule has 16 heavy (non-hydrogen) atoms. The molecule has 1 aromatic heterocycles. The Balaban J connectivity index is 2.33. The van der Waals surface area contributed by atoms with Crippen LogP contribution in [0.15, 0.2) is 23.1 Å². The molecule has 1 aliphatic rings. The van der Waals surface area contributed by atoms with Crippen molar-refractivity contribution in [3.05, 3.63) is 28.7 Å². The number of pyridine rings is 1. The van der Waals surface area contributed by atoms with E-state index < -0.39 is 12.1 Å². The van der Waals surface area contributed by atoms with Crippen molar-refractivity contribution in [1.82, 2.24) is 9.88 Å². The van der Waals surface area contributed by atoms with Gasteiger partial charge in [0.05, 0.1) is 0 Å². The van der Waals surface area contributed by atoms with Crippen LogP contribution in [0.25, 0.3) is 0 Å². The first-order valence-electron chi connectivity index (χ1n) is 5.15. The van der Waals surface area contributed by atoms with Gasteiger partial charge in [0.15, 0.2) is 0 Å². The van der Waals surface area contributed by atoms with E-state index in [-0.39, 0.29) is 0 Å². The lowest BCUT2D eigenvalue weighted by molar-refractivity contribution is 0.0665. The van der Waals surface area contributed by atoms with E-state index >= 15 is 0 Å². The second-order valence-electron chi connectivity index (χ2n) is 3.62. The lowest BCUT2D eigenvalue weighted by Crippen LogP contribution is -2.46. The molecule has 0 amide bonds. The lowest BCUT2D eigenvalue weighted by Gasteiger charge is -2.28. The summed E-state index contributed by atoms with van der Waals surface area (Å²) in [5.41, 5.74) is -0.274. The number of piperazine rings is 1. The van der Waals surface area contributed by atoms with Crippen molar-refractivity contribution in [3.8, 4) is 0 Å². The van der Waals surface area contributed by atoms with E-state index in [2.05, 4.69) is 5.32 Å². The molecule has 4 nitrogen and oxygen atoms in total. The van der Waals surface area contributed by atoms with Crippen LogP contribution in [0.2, 0.25) is 0 Å². The lowest BCUT2D eigenvalue weighted by atomic mass is 10.3. The molecule has 0 radical (unpaired) electrons. The molecule has 1 aliphatic heterocycles. The quantitative estimate of drug-likeness (QED) is 0.809. The van der Waals surface area contributed by atoms with Crippen molar-refractivity contribution >= 4 is 5.69 Å². The maximum absolute atomic E-state index is 12.5. The van der Waals surface area contributed by atoms with Crippen molar-refractivity contribution in [3.63, 3.8) is 0 Å². The summed E-state index contributed by atoms with van der Waals surface area (Å²) in [7, 11) is 0. The highest BCUT2D eigenvalue weighted by atomic mass is 19.3. The van der Waals surface area contributed by atoms with Gasteiger partial charge in [-0.25, -0.2) is 0 Å². The van der Waals surface area contributed by atoms with Gasteiger partial charge < -0.3 is 10.2 Å². The highest BCUT2D eigenvalue weighted by molar-refractivity contribution is 5.44. The van der Waals surface area contributed by atoms with Crippen molar-refractivity contribution < 1.29 is 8.78 Å². The molecule has 0 bridgehead atoms. The number of aromatic nitrogens is 1. The van der Waals surface area contributed by atoms with Crippen LogP contribution in [0.3, 0.4) is 0 Å². The predicted octanol–water partition coefficient (Wildman–Crippen LogP) is 0.653. The van der Waals surface area contributed by atoms with Gasteiger partial charge in [-0.2, -0.15) is 8.78 Å². The second-order valence-corrected chi connectivity index (χ2v) is 3.62. The maximum atomic E-state index is 12.5. The van der Waals surface area contributed by atoms with Gasteiger partial charge in [0, 0.05) is 32.4 Å². The molecule has 0 spiro atoms. The molecule has 6 heteroatoms. The molecular formula is C10H13F2N3O. The summed E-state index contributed by atoms with van der Waals surface area (Å²) in [5, 5.41) is 3.14. The molecule has 2 rings (SSSR count). The molecule has 1 aromatic rings. The summed E-state index contributed by atoms with van der Waals surface area (Å²) in [6.07, 6.45) is 1.11. The molecule has 1 fully saturated rings. The fraction of sp³-hybridized carbons (Fsp3) is 0.500. The fourth-order valence-electron chi connectivity index (χ4n) is 1.80. The minimum absolute atomic E-state index is 0.351. The Kier molecular flexibility index (Phi) is 3.19. The minimum atomic E-state index is -2.78. The molecule has 1 N–H and O–H groups in total. The van der Waals surface area contributed by atoms with Gasteiger partial charge in [-0.3, -0.25) is 9.36 Å². The first-order valence-corrected chi connectivity index (χ1v) is 5.15. The van der Waals surface area contributed by atoms with E-state index in [0.717, 1.165) is 19.3 Å². The Morgan fingerprint density at radius 1 is 1.31 bits per heavy atom. The molecule has 0 atom stereocenters. The van der Waals surface area contributed by atoms with Crippen molar-refractivity contribution in [2.45, 2.75) is 6.55 Å². The zero-order valence-electron chi connectivity index (χ0n) is 8.70. The Bertz CT molecular complexity index is 413. The van der Waals surface area contributed by atoms with Gasteiger partial charge in [0.1, 0.15) is 5.69 Å². The third kappa shape index (κ3) is 2.06. The van der Waals surface area contributed by atoms with E-state index in [1.807, 2.05) is 4.90 Å². The Morgan fingerprint density at radius 2 is 2.00 bits per heavy atom. The monoisotopic (exact) mass is 229 g/mol. The highest BCUT2D eigenvalue weighted by Gasteiger charge is 2.16. The average molecular weight is 229 g/mol. The van der Waals surface area contributed by atoms with E-state index in [0.29, 0.717) is 23.3 Å². The van der Waals surface area contributed by atoms with Crippen molar-refractivity contribution in [1.29, 1.82) is 0 Å². The Labute approximate surface area is 91.5 Å². The number of halogens is 2. The van der Waals surface area contributed by atoms with E-state index in [1.165, 1.54) is 6.07 Å². The summed E-state index contributed by atoms with van der Waals surface area (Å²) < 4.78 is 25.5. The summed E-state index contributed by atoms with van der Waals surface area (Å²) in [6, 6.07) is 3.07. The number of nitrogens with one attached hydrogen (secondary N) is 1. The van der Waals surface area contributed by atoms with Gasteiger partial charge in [-0.15, -0.1) is 0 Å². The Morgan fingerprint density at radius 3 is 2.62 bits per heavy atom. The third-order valence-electron chi connectivity index (χ3n) is 2.62. The molecule has 0 aromatic carbocycles. The van der Waals surface area contributed by atoms with Gasteiger partial charge in [0.2, 0.25) is 0 Å². The number of anilines is 1. The third-order valence-corrected chi connectivity index (χ3v) is 2.62. The smallest absolute Gasteiger partial charge is 0.321 e. The average Bonchev–Trinajstić information content (AvgIpc) is 2.30. The number of nitrogens with zero attached hydrogens (tertiary/aromatic N) is 2. The van der Waals surface area contributed by atoms with Gasteiger partial charge >= 0.3 is 6.55 Å². The number of rotatable bonds is 2. The molecule has 0 unspecified atom stereocenters. The zero-order chi connectivity index (χ0) is 11.5. The van der Waals surface area contributed by atoms with Crippen LogP contribution < -0.4 is 15.8 Å².